The lowest BCUT2D eigenvalue weighted by molar-refractivity contribution is 0.0727. The third-order valence-electron chi connectivity index (χ3n) is 4.25. The number of hydrazone groups is 1. The van der Waals surface area contributed by atoms with Crippen molar-refractivity contribution < 1.29 is 22.7 Å². The van der Waals surface area contributed by atoms with E-state index in [9.17, 15) is 13.2 Å². The van der Waals surface area contributed by atoms with Crippen LogP contribution in [0, 0.1) is 6.92 Å². The van der Waals surface area contributed by atoms with E-state index < -0.39 is 16.0 Å². The lowest BCUT2D eigenvalue weighted by Gasteiger charge is -2.13. The van der Waals surface area contributed by atoms with Gasteiger partial charge in [-0.3, -0.25) is 0 Å². The van der Waals surface area contributed by atoms with Crippen molar-refractivity contribution in [3.8, 4) is 11.5 Å². The quantitative estimate of drug-likeness (QED) is 0.203. The second-order valence-corrected chi connectivity index (χ2v) is 9.20. The first-order valence-electron chi connectivity index (χ1n) is 9.65. The minimum absolute atomic E-state index is 0.111. The first-order valence-corrected chi connectivity index (χ1v) is 11.9. The molecule has 0 saturated carbocycles. The fourth-order valence-electron chi connectivity index (χ4n) is 2.69. The smallest absolute Gasteiger partial charge is 0.343 e. The van der Waals surface area contributed by atoms with Gasteiger partial charge in [0, 0.05) is 0 Å². The van der Waals surface area contributed by atoms with Gasteiger partial charge in [-0.25, -0.2) is 9.63 Å². The predicted molar refractivity (Wildman–Crippen MR) is 126 cm³/mol. The number of esters is 1. The van der Waals surface area contributed by atoms with E-state index in [1.807, 2.05) is 6.92 Å². The molecule has 0 aliphatic carbocycles. The van der Waals surface area contributed by atoms with E-state index in [0.29, 0.717) is 28.0 Å². The Hall–Kier alpha value is -3.17. The number of nitrogens with zero attached hydrogens (tertiary/aromatic N) is 1. The molecule has 0 amide bonds. The number of aryl methyl sites for hydroxylation is 1. The summed E-state index contributed by atoms with van der Waals surface area (Å²) in [6.07, 6.45) is 1.34. The number of rotatable bonds is 8. The zero-order valence-corrected chi connectivity index (χ0v) is 19.8. The summed E-state index contributed by atoms with van der Waals surface area (Å²) in [7, 11) is -3.79. The summed E-state index contributed by atoms with van der Waals surface area (Å²) in [6, 6.07) is 18.3. The zero-order valence-electron chi connectivity index (χ0n) is 17.4. The highest BCUT2D eigenvalue weighted by molar-refractivity contribution is 9.10. The maximum Gasteiger partial charge on any atom is 0.343 e. The Kier molecular flexibility index (Phi) is 7.66. The van der Waals surface area contributed by atoms with Gasteiger partial charge < -0.3 is 9.47 Å². The van der Waals surface area contributed by atoms with Gasteiger partial charge in [0.1, 0.15) is 0 Å². The molecule has 0 saturated heterocycles. The minimum atomic E-state index is -3.79. The molecule has 32 heavy (non-hydrogen) atoms. The van der Waals surface area contributed by atoms with Crippen molar-refractivity contribution in [2.45, 2.75) is 18.7 Å². The van der Waals surface area contributed by atoms with Crippen molar-refractivity contribution in [2.75, 3.05) is 6.61 Å². The van der Waals surface area contributed by atoms with Gasteiger partial charge in [-0.05, 0) is 71.7 Å². The summed E-state index contributed by atoms with van der Waals surface area (Å²) in [5.74, 6) is 0.00613. The Labute approximate surface area is 195 Å². The van der Waals surface area contributed by atoms with Crippen LogP contribution in [-0.4, -0.2) is 27.2 Å². The van der Waals surface area contributed by atoms with E-state index in [0.717, 1.165) is 5.56 Å². The summed E-state index contributed by atoms with van der Waals surface area (Å²) < 4.78 is 36.3. The average Bonchev–Trinajstić information content (AvgIpc) is 2.77. The average molecular weight is 517 g/mol. The molecule has 0 aliphatic heterocycles. The Morgan fingerprint density at radius 2 is 1.78 bits per heavy atom. The summed E-state index contributed by atoms with van der Waals surface area (Å²) in [4.78, 5) is 14.7. The van der Waals surface area contributed by atoms with Crippen molar-refractivity contribution in [3.63, 3.8) is 0 Å². The summed E-state index contributed by atoms with van der Waals surface area (Å²) in [5.41, 5.74) is 1.89. The van der Waals surface area contributed by atoms with Crippen LogP contribution in [0.15, 0.2) is 81.2 Å². The van der Waals surface area contributed by atoms with Gasteiger partial charge in [0.05, 0.1) is 27.8 Å². The molecule has 0 radical (unpaired) electrons. The molecule has 0 atom stereocenters. The van der Waals surface area contributed by atoms with Crippen LogP contribution in [0.25, 0.3) is 0 Å². The molecule has 166 valence electrons. The Bertz CT molecular complexity index is 1230. The Balaban J connectivity index is 1.80. The van der Waals surface area contributed by atoms with Crippen molar-refractivity contribution in [3.05, 3.63) is 87.9 Å². The summed E-state index contributed by atoms with van der Waals surface area (Å²) >= 11 is 3.39. The number of carbonyl (C=O) groups excluding carboxylic acids is 1. The molecule has 0 heterocycles. The number of halogens is 1. The number of nitrogens with one attached hydrogen (secondary N) is 1. The number of sulfonamides is 1. The maximum absolute atomic E-state index is 12.4. The number of carbonyl (C=O) groups is 1. The molecule has 1 N–H and O–H groups in total. The first-order chi connectivity index (χ1) is 15.3. The van der Waals surface area contributed by atoms with Crippen LogP contribution in [-0.2, 0) is 10.0 Å². The number of benzene rings is 3. The van der Waals surface area contributed by atoms with Crippen LogP contribution in [0.3, 0.4) is 0 Å². The van der Waals surface area contributed by atoms with Crippen molar-refractivity contribution in [1.82, 2.24) is 4.83 Å². The summed E-state index contributed by atoms with van der Waals surface area (Å²) in [5, 5.41) is 3.85. The van der Waals surface area contributed by atoms with E-state index in [2.05, 4.69) is 25.9 Å². The van der Waals surface area contributed by atoms with E-state index >= 15 is 0 Å². The van der Waals surface area contributed by atoms with Crippen molar-refractivity contribution in [2.24, 2.45) is 5.10 Å². The van der Waals surface area contributed by atoms with E-state index in [-0.39, 0.29) is 10.6 Å². The fraction of sp³-hybridized carbons (Fsp3) is 0.130. The Morgan fingerprint density at radius 3 is 2.44 bits per heavy atom. The molecule has 0 aliphatic rings. The lowest BCUT2D eigenvalue weighted by atomic mass is 10.2. The number of hydrogen-bond acceptors (Lipinski definition) is 6. The highest BCUT2D eigenvalue weighted by atomic mass is 79.9. The number of ether oxygens (including phenoxy) is 2. The maximum atomic E-state index is 12.4. The molecule has 7 nitrogen and oxygen atoms in total. The van der Waals surface area contributed by atoms with Gasteiger partial charge in [0.2, 0.25) is 0 Å². The van der Waals surface area contributed by atoms with Gasteiger partial charge in [-0.15, -0.1) is 0 Å². The third-order valence-corrected chi connectivity index (χ3v) is 6.08. The fourth-order valence-corrected chi connectivity index (χ4v) is 4.02. The molecular weight excluding hydrogens is 496 g/mol. The second-order valence-electron chi connectivity index (χ2n) is 6.68. The highest BCUT2D eigenvalue weighted by Crippen LogP contribution is 2.37. The van der Waals surface area contributed by atoms with Crippen LogP contribution >= 0.6 is 15.9 Å². The summed E-state index contributed by atoms with van der Waals surface area (Å²) in [6.45, 7) is 4.01. The molecule has 3 aromatic rings. The molecule has 0 aromatic heterocycles. The van der Waals surface area contributed by atoms with Crippen LogP contribution in [0.1, 0.15) is 28.4 Å². The second kappa shape index (κ2) is 10.4. The highest BCUT2D eigenvalue weighted by Gasteiger charge is 2.17. The van der Waals surface area contributed by atoms with Crippen LogP contribution in [0.5, 0.6) is 11.5 Å². The van der Waals surface area contributed by atoms with Crippen LogP contribution in [0.4, 0.5) is 0 Å². The molecule has 0 unspecified atom stereocenters. The SMILES string of the molecule is CCOc1cc(/C=N\NS(=O)(=O)c2ccc(C)cc2)cc(Br)c1OC(=O)c1ccccc1. The molecule has 9 heteroatoms. The minimum Gasteiger partial charge on any atom is -0.490 e. The monoisotopic (exact) mass is 516 g/mol. The van der Waals surface area contributed by atoms with E-state index in [1.165, 1.54) is 18.3 Å². The van der Waals surface area contributed by atoms with Gasteiger partial charge >= 0.3 is 5.97 Å². The van der Waals surface area contributed by atoms with Gasteiger partial charge in [-0.2, -0.15) is 13.5 Å². The predicted octanol–water partition coefficient (Wildman–Crippen LogP) is 4.69. The first kappa shape index (κ1) is 23.5. The third kappa shape index (κ3) is 5.95. The van der Waals surface area contributed by atoms with Gasteiger partial charge in [0.15, 0.2) is 11.5 Å². The standard InChI is InChI=1S/C23H21BrN2O5S/c1-3-30-21-14-17(15-25-26-32(28,29)19-11-9-16(2)10-12-19)13-20(24)22(21)31-23(27)18-7-5-4-6-8-18/h4-15,26H,3H2,1-2H3/b25-15-. The molecule has 0 bridgehead atoms. The molecule has 3 aromatic carbocycles. The Morgan fingerprint density at radius 1 is 1.09 bits per heavy atom. The van der Waals surface area contributed by atoms with Gasteiger partial charge in [-0.1, -0.05) is 35.9 Å². The molecular formula is C23H21BrN2O5S. The van der Waals surface area contributed by atoms with Crippen LogP contribution in [0.2, 0.25) is 0 Å². The molecule has 3 rings (SSSR count). The van der Waals surface area contributed by atoms with Crippen molar-refractivity contribution in [1.29, 1.82) is 0 Å². The lowest BCUT2D eigenvalue weighted by Crippen LogP contribution is -2.18. The zero-order chi connectivity index (χ0) is 23.1. The van der Waals surface area contributed by atoms with Gasteiger partial charge in [0.25, 0.3) is 10.0 Å². The van der Waals surface area contributed by atoms with Crippen molar-refractivity contribution >= 4 is 38.1 Å². The van der Waals surface area contributed by atoms with E-state index in [4.69, 9.17) is 9.47 Å². The van der Waals surface area contributed by atoms with Crippen LogP contribution < -0.4 is 14.3 Å². The molecule has 0 spiro atoms. The largest absolute Gasteiger partial charge is 0.490 e. The van der Waals surface area contributed by atoms with E-state index in [1.54, 1.807) is 61.5 Å². The normalized spacial score (nSPS) is 11.3. The molecule has 0 fully saturated rings. The number of hydrogen-bond donors (Lipinski definition) is 1. The topological polar surface area (TPSA) is 94.1 Å².